The van der Waals surface area contributed by atoms with Crippen molar-refractivity contribution in [3.05, 3.63) is 180 Å². The third-order valence-electron chi connectivity index (χ3n) is 9.70. The highest BCUT2D eigenvalue weighted by Crippen LogP contribution is 2.47. The van der Waals surface area contributed by atoms with Crippen LogP contribution in [0, 0.1) is 27.7 Å². The Bertz CT molecular complexity index is 2400. The van der Waals surface area contributed by atoms with Gasteiger partial charge in [-0.05, 0) is 118 Å². The van der Waals surface area contributed by atoms with Gasteiger partial charge in [0.05, 0.1) is 9.79 Å². The van der Waals surface area contributed by atoms with Crippen molar-refractivity contribution in [2.75, 3.05) is 9.80 Å². The second-order valence-corrected chi connectivity index (χ2v) is 15.3. The van der Waals surface area contributed by atoms with Crippen LogP contribution in [0.3, 0.4) is 0 Å². The molecule has 7 aromatic rings. The lowest BCUT2D eigenvalue weighted by atomic mass is 9.99. The third-order valence-corrected chi connectivity index (χ3v) is 11.5. The first-order chi connectivity index (χ1) is 24.7. The van der Waals surface area contributed by atoms with E-state index in [1.807, 2.05) is 36.4 Å². The molecule has 1 aliphatic heterocycles. The molecule has 5 heteroatoms. The number of anilines is 6. The average Bonchev–Trinajstić information content (AvgIpc) is 3.37. The SMILES string of the molecule is Cc1ccc(N(c2ccc(C)cc2)c2ccc(-c3ccc4c(c3)S(=O)(=O)c3cc(N(c5ccc(C)cc5)c5ccc(C)cc5)ccc3-4)cc2)cc1. The lowest BCUT2D eigenvalue weighted by Gasteiger charge is -2.26. The number of hydrogen-bond donors (Lipinski definition) is 0. The minimum absolute atomic E-state index is 0.332. The first kappa shape index (κ1) is 32.3. The van der Waals surface area contributed by atoms with Crippen LogP contribution in [0.1, 0.15) is 22.3 Å². The monoisotopic (exact) mass is 682 g/mol. The normalized spacial score (nSPS) is 12.6. The van der Waals surface area contributed by atoms with E-state index < -0.39 is 9.84 Å². The number of benzene rings is 7. The molecule has 4 nitrogen and oxygen atoms in total. The fourth-order valence-electron chi connectivity index (χ4n) is 6.83. The van der Waals surface area contributed by atoms with Crippen molar-refractivity contribution in [3.8, 4) is 22.3 Å². The fourth-order valence-corrected chi connectivity index (χ4v) is 8.56. The molecule has 0 fully saturated rings. The van der Waals surface area contributed by atoms with E-state index in [4.69, 9.17) is 0 Å². The minimum Gasteiger partial charge on any atom is -0.311 e. The van der Waals surface area contributed by atoms with E-state index in [-0.39, 0.29) is 0 Å². The molecule has 0 aliphatic carbocycles. The van der Waals surface area contributed by atoms with Gasteiger partial charge in [-0.2, -0.15) is 0 Å². The summed E-state index contributed by atoms with van der Waals surface area (Å²) in [6, 6.07) is 53.6. The summed E-state index contributed by atoms with van der Waals surface area (Å²) in [5.74, 6) is 0. The summed E-state index contributed by atoms with van der Waals surface area (Å²) in [4.78, 5) is 5.02. The number of nitrogens with zero attached hydrogens (tertiary/aromatic N) is 2. The van der Waals surface area contributed by atoms with Crippen molar-refractivity contribution < 1.29 is 8.42 Å². The van der Waals surface area contributed by atoms with Gasteiger partial charge < -0.3 is 9.80 Å². The van der Waals surface area contributed by atoms with Gasteiger partial charge >= 0.3 is 0 Å². The minimum atomic E-state index is -3.76. The second-order valence-electron chi connectivity index (χ2n) is 13.5. The Kier molecular flexibility index (Phi) is 8.08. The lowest BCUT2D eigenvalue weighted by molar-refractivity contribution is 0.598. The zero-order chi connectivity index (χ0) is 35.3. The molecular weight excluding hydrogens is 645 g/mol. The van der Waals surface area contributed by atoms with Gasteiger partial charge in [-0.3, -0.25) is 0 Å². The molecule has 0 atom stereocenters. The van der Waals surface area contributed by atoms with Crippen molar-refractivity contribution in [1.29, 1.82) is 0 Å². The summed E-state index contributed by atoms with van der Waals surface area (Å²) in [5.41, 5.74) is 13.9. The van der Waals surface area contributed by atoms with Gasteiger partial charge in [-0.15, -0.1) is 0 Å². The molecule has 0 bridgehead atoms. The Morgan fingerprint density at radius 2 is 0.627 bits per heavy atom. The van der Waals surface area contributed by atoms with Crippen LogP contribution in [-0.2, 0) is 9.84 Å². The maximum absolute atomic E-state index is 14.3. The predicted molar refractivity (Wildman–Crippen MR) is 211 cm³/mol. The molecule has 51 heavy (non-hydrogen) atoms. The Labute approximate surface area is 300 Å². The molecule has 0 saturated heterocycles. The average molecular weight is 683 g/mol. The van der Waals surface area contributed by atoms with Crippen LogP contribution in [-0.4, -0.2) is 8.42 Å². The van der Waals surface area contributed by atoms with Crippen molar-refractivity contribution in [3.63, 3.8) is 0 Å². The molecule has 0 aromatic heterocycles. The molecule has 1 aliphatic rings. The number of sulfone groups is 1. The molecule has 0 saturated carbocycles. The van der Waals surface area contributed by atoms with Crippen molar-refractivity contribution in [2.45, 2.75) is 37.5 Å². The van der Waals surface area contributed by atoms with E-state index >= 15 is 0 Å². The van der Waals surface area contributed by atoms with Crippen molar-refractivity contribution >= 4 is 44.0 Å². The molecular formula is C46H38N2O2S. The van der Waals surface area contributed by atoms with E-state index in [0.29, 0.717) is 9.79 Å². The van der Waals surface area contributed by atoms with Gasteiger partial charge in [0, 0.05) is 45.3 Å². The number of rotatable bonds is 7. The van der Waals surface area contributed by atoms with Gasteiger partial charge in [0.2, 0.25) is 9.84 Å². The van der Waals surface area contributed by atoms with Crippen LogP contribution in [0.2, 0.25) is 0 Å². The number of fused-ring (bicyclic) bond motifs is 3. The largest absolute Gasteiger partial charge is 0.311 e. The van der Waals surface area contributed by atoms with E-state index in [0.717, 1.165) is 67.5 Å². The maximum Gasteiger partial charge on any atom is 0.207 e. The highest BCUT2D eigenvalue weighted by Gasteiger charge is 2.34. The molecule has 1 heterocycles. The van der Waals surface area contributed by atoms with Gasteiger partial charge in [-0.1, -0.05) is 101 Å². The molecule has 0 unspecified atom stereocenters. The number of aryl methyl sites for hydroxylation is 4. The highest BCUT2D eigenvalue weighted by atomic mass is 32.2. The van der Waals surface area contributed by atoms with Gasteiger partial charge in [0.1, 0.15) is 0 Å². The maximum atomic E-state index is 14.3. The summed E-state index contributed by atoms with van der Waals surface area (Å²) >= 11 is 0. The fraction of sp³-hybridized carbons (Fsp3) is 0.0870. The van der Waals surface area contributed by atoms with Crippen LogP contribution >= 0.6 is 0 Å². The van der Waals surface area contributed by atoms with Crippen LogP contribution in [0.15, 0.2) is 168 Å². The van der Waals surface area contributed by atoms with Crippen molar-refractivity contribution in [2.24, 2.45) is 0 Å². The van der Waals surface area contributed by atoms with E-state index in [2.05, 4.69) is 159 Å². The summed E-state index contributed by atoms with van der Waals surface area (Å²) in [5, 5.41) is 0. The Hall–Kier alpha value is -5.91. The Morgan fingerprint density at radius 3 is 1.04 bits per heavy atom. The smallest absolute Gasteiger partial charge is 0.207 e. The first-order valence-electron chi connectivity index (χ1n) is 17.2. The summed E-state index contributed by atoms with van der Waals surface area (Å²) in [7, 11) is -3.76. The van der Waals surface area contributed by atoms with E-state index in [9.17, 15) is 8.42 Å². The molecule has 8 rings (SSSR count). The first-order valence-corrected chi connectivity index (χ1v) is 18.6. The summed E-state index contributed by atoms with van der Waals surface area (Å²) in [6.07, 6.45) is 0. The van der Waals surface area contributed by atoms with Gasteiger partial charge in [0.15, 0.2) is 0 Å². The van der Waals surface area contributed by atoms with Crippen LogP contribution < -0.4 is 9.80 Å². The molecule has 0 radical (unpaired) electrons. The predicted octanol–water partition coefficient (Wildman–Crippen LogP) is 12.3. The zero-order valence-electron chi connectivity index (χ0n) is 29.1. The van der Waals surface area contributed by atoms with Crippen LogP contribution in [0.25, 0.3) is 22.3 Å². The Balaban J connectivity index is 1.14. The molecule has 0 amide bonds. The lowest BCUT2D eigenvalue weighted by Crippen LogP contribution is -2.10. The van der Waals surface area contributed by atoms with Gasteiger partial charge in [0.25, 0.3) is 0 Å². The molecule has 7 aromatic carbocycles. The highest BCUT2D eigenvalue weighted by molar-refractivity contribution is 7.92. The topological polar surface area (TPSA) is 40.6 Å². The van der Waals surface area contributed by atoms with Crippen molar-refractivity contribution in [1.82, 2.24) is 0 Å². The second kappa shape index (κ2) is 12.8. The Morgan fingerprint density at radius 1 is 0.333 bits per heavy atom. The zero-order valence-corrected chi connectivity index (χ0v) is 29.9. The summed E-state index contributed by atoms with van der Waals surface area (Å²) in [6.45, 7) is 8.31. The molecule has 0 N–H and O–H groups in total. The van der Waals surface area contributed by atoms with Crippen LogP contribution in [0.5, 0.6) is 0 Å². The molecule has 250 valence electrons. The molecule has 0 spiro atoms. The van der Waals surface area contributed by atoms with Gasteiger partial charge in [-0.25, -0.2) is 8.42 Å². The van der Waals surface area contributed by atoms with E-state index in [1.54, 1.807) is 0 Å². The quantitative estimate of drug-likeness (QED) is 0.168. The van der Waals surface area contributed by atoms with E-state index in [1.165, 1.54) is 11.1 Å². The summed E-state index contributed by atoms with van der Waals surface area (Å²) < 4.78 is 28.6. The third kappa shape index (κ3) is 6.00. The van der Waals surface area contributed by atoms with Crippen LogP contribution in [0.4, 0.5) is 34.1 Å². The number of hydrogen-bond acceptors (Lipinski definition) is 4. The standard InChI is InChI=1S/C46H38N2O2S/c1-31-5-16-37(17-6-31)47(38-18-7-32(2)8-19-38)41-24-13-35(14-25-41)36-15-27-43-44-28-26-42(30-46(44)51(49,50)45(43)29-36)48(39-20-9-33(3)10-21-39)40-22-11-34(4)12-23-40/h5-30H,1-4H3.